The van der Waals surface area contributed by atoms with Gasteiger partial charge in [-0.1, -0.05) is 25.1 Å². The normalized spacial score (nSPS) is 12.1. The molecular weight excluding hydrogens is 226 g/mol. The van der Waals surface area contributed by atoms with Crippen LogP contribution < -0.4 is 4.74 Å². The van der Waals surface area contributed by atoms with Crippen molar-refractivity contribution in [2.24, 2.45) is 0 Å². The number of ether oxygens (including phenoxy) is 1. The maximum atomic E-state index is 9.68. The van der Waals surface area contributed by atoms with E-state index in [9.17, 15) is 5.11 Å². The van der Waals surface area contributed by atoms with Crippen LogP contribution in [-0.4, -0.2) is 10.1 Å². The fraction of sp³-hybridized carbons (Fsp3) is 0.267. The highest BCUT2D eigenvalue weighted by Gasteiger charge is 2.04. The average molecular weight is 243 g/mol. The molecule has 0 radical (unpaired) electrons. The molecule has 0 saturated heterocycles. The predicted molar refractivity (Wildman–Crippen MR) is 70.3 cm³/mol. The van der Waals surface area contributed by atoms with Crippen LogP contribution in [0.3, 0.4) is 0 Å². The second-order valence-electron chi connectivity index (χ2n) is 4.14. The summed E-state index contributed by atoms with van der Waals surface area (Å²) in [5, 5.41) is 9.68. The Morgan fingerprint density at radius 1 is 1.22 bits per heavy atom. The van der Waals surface area contributed by atoms with Crippen molar-refractivity contribution in [3.63, 3.8) is 0 Å². The van der Waals surface area contributed by atoms with Gasteiger partial charge < -0.3 is 9.84 Å². The topological polar surface area (TPSA) is 42.4 Å². The Kier molecular flexibility index (Phi) is 4.31. The Bertz CT molecular complexity index is 468. The maximum Gasteiger partial charge on any atom is 0.119 e. The van der Waals surface area contributed by atoms with E-state index < -0.39 is 6.10 Å². The highest BCUT2D eigenvalue weighted by molar-refractivity contribution is 5.28. The lowest BCUT2D eigenvalue weighted by molar-refractivity contribution is 0.173. The van der Waals surface area contributed by atoms with E-state index in [2.05, 4.69) is 4.98 Å². The van der Waals surface area contributed by atoms with Gasteiger partial charge in [-0.2, -0.15) is 0 Å². The van der Waals surface area contributed by atoms with E-state index in [-0.39, 0.29) is 0 Å². The number of rotatable bonds is 5. The Morgan fingerprint density at radius 3 is 2.61 bits per heavy atom. The zero-order chi connectivity index (χ0) is 12.8. The first-order valence-corrected chi connectivity index (χ1v) is 6.09. The van der Waals surface area contributed by atoms with Gasteiger partial charge in [-0.25, -0.2) is 0 Å². The highest BCUT2D eigenvalue weighted by Crippen LogP contribution is 2.20. The molecule has 1 heterocycles. The Morgan fingerprint density at radius 2 is 2.00 bits per heavy atom. The molecule has 1 atom stereocenters. The number of aliphatic hydroxyl groups excluding tert-OH is 1. The zero-order valence-electron chi connectivity index (χ0n) is 10.4. The van der Waals surface area contributed by atoms with Crippen LogP contribution in [0.1, 0.15) is 30.6 Å². The minimum absolute atomic E-state index is 0.391. The number of nitrogens with zero attached hydrogens (tertiary/aromatic N) is 1. The second-order valence-corrected chi connectivity index (χ2v) is 4.14. The molecule has 0 saturated carbocycles. The number of hydrogen-bond acceptors (Lipinski definition) is 3. The smallest absolute Gasteiger partial charge is 0.119 e. The fourth-order valence-corrected chi connectivity index (χ4v) is 1.67. The summed E-state index contributed by atoms with van der Waals surface area (Å²) < 4.78 is 5.64. The van der Waals surface area contributed by atoms with Crippen LogP contribution in [0.2, 0.25) is 0 Å². The first-order valence-electron chi connectivity index (χ1n) is 6.09. The van der Waals surface area contributed by atoms with E-state index in [1.54, 1.807) is 12.4 Å². The van der Waals surface area contributed by atoms with E-state index in [0.717, 1.165) is 23.3 Å². The largest absolute Gasteiger partial charge is 0.489 e. The summed E-state index contributed by atoms with van der Waals surface area (Å²) in [7, 11) is 0. The number of pyridine rings is 1. The van der Waals surface area contributed by atoms with E-state index in [4.69, 9.17) is 4.74 Å². The first-order chi connectivity index (χ1) is 8.79. The molecule has 1 aromatic carbocycles. The molecule has 1 N–H and O–H groups in total. The van der Waals surface area contributed by atoms with Crippen LogP contribution in [0.5, 0.6) is 5.75 Å². The monoisotopic (exact) mass is 243 g/mol. The van der Waals surface area contributed by atoms with Crippen LogP contribution in [0.4, 0.5) is 0 Å². The van der Waals surface area contributed by atoms with Gasteiger partial charge in [-0.3, -0.25) is 4.98 Å². The SMILES string of the molecule is CCC(O)c1ccc(OCc2cccnc2)cc1. The van der Waals surface area contributed by atoms with Gasteiger partial charge in [0.2, 0.25) is 0 Å². The molecule has 18 heavy (non-hydrogen) atoms. The molecule has 0 fully saturated rings. The van der Waals surface area contributed by atoms with Crippen LogP contribution in [0.15, 0.2) is 48.8 Å². The highest BCUT2D eigenvalue weighted by atomic mass is 16.5. The summed E-state index contributed by atoms with van der Waals surface area (Å²) in [4.78, 5) is 4.03. The second kappa shape index (κ2) is 6.17. The summed E-state index contributed by atoms with van der Waals surface area (Å²) in [5.74, 6) is 0.797. The van der Waals surface area contributed by atoms with Crippen molar-refractivity contribution in [3.8, 4) is 5.75 Å². The molecule has 94 valence electrons. The van der Waals surface area contributed by atoms with Crippen molar-refractivity contribution in [1.29, 1.82) is 0 Å². The van der Waals surface area contributed by atoms with Gasteiger partial charge >= 0.3 is 0 Å². The first kappa shape index (κ1) is 12.6. The van der Waals surface area contributed by atoms with E-state index in [1.165, 1.54) is 0 Å². The molecule has 0 aliphatic rings. The number of hydrogen-bond donors (Lipinski definition) is 1. The number of benzene rings is 1. The molecule has 3 nitrogen and oxygen atoms in total. The van der Waals surface area contributed by atoms with E-state index in [1.807, 2.05) is 43.3 Å². The zero-order valence-corrected chi connectivity index (χ0v) is 10.4. The maximum absolute atomic E-state index is 9.68. The molecule has 0 aliphatic heterocycles. The van der Waals surface area contributed by atoms with E-state index >= 15 is 0 Å². The van der Waals surface area contributed by atoms with Gasteiger partial charge in [0, 0.05) is 18.0 Å². The molecule has 0 spiro atoms. The molecule has 3 heteroatoms. The minimum Gasteiger partial charge on any atom is -0.489 e. The van der Waals surface area contributed by atoms with Crippen LogP contribution in [0.25, 0.3) is 0 Å². The molecule has 2 aromatic rings. The Hall–Kier alpha value is -1.87. The third kappa shape index (κ3) is 3.31. The quantitative estimate of drug-likeness (QED) is 0.877. The van der Waals surface area contributed by atoms with Crippen LogP contribution in [-0.2, 0) is 6.61 Å². The lowest BCUT2D eigenvalue weighted by atomic mass is 10.1. The van der Waals surface area contributed by atoms with Crippen molar-refractivity contribution in [1.82, 2.24) is 4.98 Å². The predicted octanol–water partition coefficient (Wildman–Crippen LogP) is 3.10. The Balaban J connectivity index is 1.94. The molecule has 2 rings (SSSR count). The molecule has 0 amide bonds. The van der Waals surface area contributed by atoms with Crippen molar-refractivity contribution in [2.75, 3.05) is 0 Å². The molecule has 0 bridgehead atoms. The van der Waals surface area contributed by atoms with Crippen molar-refractivity contribution in [2.45, 2.75) is 26.1 Å². The van der Waals surface area contributed by atoms with Crippen LogP contribution >= 0.6 is 0 Å². The standard InChI is InChI=1S/C15H17NO2/c1-2-15(17)13-5-7-14(8-6-13)18-11-12-4-3-9-16-10-12/h3-10,15,17H,2,11H2,1H3. The fourth-order valence-electron chi connectivity index (χ4n) is 1.67. The number of aromatic nitrogens is 1. The molecule has 1 unspecified atom stereocenters. The summed E-state index contributed by atoms with van der Waals surface area (Å²) in [6, 6.07) is 11.4. The van der Waals surface area contributed by atoms with Crippen molar-refractivity contribution in [3.05, 3.63) is 59.9 Å². The summed E-state index contributed by atoms with van der Waals surface area (Å²) in [6.07, 6.45) is 3.85. The number of aliphatic hydroxyl groups is 1. The summed E-state index contributed by atoms with van der Waals surface area (Å²) in [6.45, 7) is 2.46. The van der Waals surface area contributed by atoms with Gasteiger partial charge in [-0.05, 0) is 30.2 Å². The van der Waals surface area contributed by atoms with Gasteiger partial charge in [0.05, 0.1) is 6.10 Å². The molecule has 0 aliphatic carbocycles. The summed E-state index contributed by atoms with van der Waals surface area (Å²) >= 11 is 0. The molecule has 1 aromatic heterocycles. The van der Waals surface area contributed by atoms with Gasteiger partial charge in [0.15, 0.2) is 0 Å². The van der Waals surface area contributed by atoms with Crippen LogP contribution in [0, 0.1) is 0 Å². The third-order valence-electron chi connectivity index (χ3n) is 2.78. The minimum atomic E-state index is -0.391. The third-order valence-corrected chi connectivity index (χ3v) is 2.78. The average Bonchev–Trinajstić information content (AvgIpc) is 2.46. The van der Waals surface area contributed by atoms with Gasteiger partial charge in [-0.15, -0.1) is 0 Å². The lowest BCUT2D eigenvalue weighted by Crippen LogP contribution is -1.97. The Labute approximate surface area is 107 Å². The van der Waals surface area contributed by atoms with Gasteiger partial charge in [0.1, 0.15) is 12.4 Å². The lowest BCUT2D eigenvalue weighted by Gasteiger charge is -2.10. The molecular formula is C15H17NO2. The van der Waals surface area contributed by atoms with Crippen molar-refractivity contribution < 1.29 is 9.84 Å². The van der Waals surface area contributed by atoms with Gasteiger partial charge in [0.25, 0.3) is 0 Å². The van der Waals surface area contributed by atoms with Crippen molar-refractivity contribution >= 4 is 0 Å². The summed E-state index contributed by atoms with van der Waals surface area (Å²) in [5.41, 5.74) is 1.96. The van der Waals surface area contributed by atoms with E-state index in [0.29, 0.717) is 6.61 Å².